The van der Waals surface area contributed by atoms with Gasteiger partial charge in [0.05, 0.1) is 4.92 Å². The van der Waals surface area contributed by atoms with Crippen LogP contribution in [-0.2, 0) is 11.3 Å². The van der Waals surface area contributed by atoms with Crippen LogP contribution >= 0.6 is 11.6 Å². The first kappa shape index (κ1) is 13.8. The van der Waals surface area contributed by atoms with E-state index in [2.05, 4.69) is 5.32 Å². The van der Waals surface area contributed by atoms with Crippen LogP contribution in [0.1, 0.15) is 24.8 Å². The third-order valence-corrected chi connectivity index (χ3v) is 3.71. The average Bonchev–Trinajstić information content (AvgIpc) is 2.28. The number of carboxylic acid groups (broad SMARTS) is 1. The summed E-state index contributed by atoms with van der Waals surface area (Å²) in [6.45, 7) is 0.139. The van der Waals surface area contributed by atoms with E-state index in [0.717, 1.165) is 6.42 Å². The molecular formula is C12H13ClN2O4. The molecule has 2 N–H and O–H groups in total. The van der Waals surface area contributed by atoms with Gasteiger partial charge in [0.2, 0.25) is 0 Å². The minimum absolute atomic E-state index is 0.0973. The summed E-state index contributed by atoms with van der Waals surface area (Å²) >= 11 is 5.72. The fourth-order valence-electron chi connectivity index (χ4n) is 2.12. The number of carbonyl (C=O) groups is 1. The van der Waals surface area contributed by atoms with Gasteiger partial charge in [-0.15, -0.1) is 0 Å². The maximum Gasteiger partial charge on any atom is 0.323 e. The van der Waals surface area contributed by atoms with Gasteiger partial charge in [-0.25, -0.2) is 0 Å². The molecule has 0 aromatic heterocycles. The first-order valence-electron chi connectivity index (χ1n) is 5.86. The van der Waals surface area contributed by atoms with E-state index in [0.29, 0.717) is 18.4 Å². The number of rotatable bonds is 5. The van der Waals surface area contributed by atoms with E-state index in [-0.39, 0.29) is 17.3 Å². The van der Waals surface area contributed by atoms with Gasteiger partial charge in [0.25, 0.3) is 5.69 Å². The van der Waals surface area contributed by atoms with Crippen molar-refractivity contribution in [2.24, 2.45) is 0 Å². The van der Waals surface area contributed by atoms with Crippen LogP contribution in [-0.4, -0.2) is 21.5 Å². The molecule has 0 heterocycles. The van der Waals surface area contributed by atoms with Crippen molar-refractivity contribution in [1.29, 1.82) is 0 Å². The summed E-state index contributed by atoms with van der Waals surface area (Å²) in [4.78, 5) is 21.6. The van der Waals surface area contributed by atoms with Gasteiger partial charge in [0, 0.05) is 23.2 Å². The van der Waals surface area contributed by atoms with Crippen molar-refractivity contribution in [3.05, 3.63) is 38.9 Å². The number of hydrogen-bond donors (Lipinski definition) is 2. The highest BCUT2D eigenvalue weighted by molar-refractivity contribution is 6.30. The van der Waals surface area contributed by atoms with Gasteiger partial charge in [-0.1, -0.05) is 11.6 Å². The van der Waals surface area contributed by atoms with Crippen molar-refractivity contribution in [3.63, 3.8) is 0 Å². The summed E-state index contributed by atoms with van der Waals surface area (Å²) in [6.07, 6.45) is 1.94. The molecule has 102 valence electrons. The number of nitro groups is 1. The van der Waals surface area contributed by atoms with Crippen LogP contribution in [0.25, 0.3) is 0 Å². The fraction of sp³-hybridized carbons (Fsp3) is 0.417. The molecule has 0 radical (unpaired) electrons. The molecule has 1 saturated carbocycles. The molecule has 19 heavy (non-hydrogen) atoms. The van der Waals surface area contributed by atoms with E-state index in [9.17, 15) is 14.9 Å². The van der Waals surface area contributed by atoms with Crippen molar-refractivity contribution in [1.82, 2.24) is 5.32 Å². The van der Waals surface area contributed by atoms with Gasteiger partial charge in [-0.3, -0.25) is 20.2 Å². The third-order valence-electron chi connectivity index (χ3n) is 3.48. The second-order valence-corrected chi connectivity index (χ2v) is 5.06. The Labute approximate surface area is 114 Å². The lowest BCUT2D eigenvalue weighted by atomic mass is 9.76. The van der Waals surface area contributed by atoms with Crippen molar-refractivity contribution in [3.8, 4) is 0 Å². The van der Waals surface area contributed by atoms with Crippen LogP contribution in [0.15, 0.2) is 18.2 Å². The lowest BCUT2D eigenvalue weighted by molar-refractivity contribution is -0.385. The molecule has 7 heteroatoms. The third kappa shape index (κ3) is 2.69. The molecule has 0 atom stereocenters. The Morgan fingerprint density at radius 2 is 2.21 bits per heavy atom. The molecule has 6 nitrogen and oxygen atoms in total. The van der Waals surface area contributed by atoms with Crippen LogP contribution < -0.4 is 5.32 Å². The van der Waals surface area contributed by atoms with Crippen molar-refractivity contribution in [2.75, 3.05) is 0 Å². The summed E-state index contributed by atoms with van der Waals surface area (Å²) in [6, 6.07) is 4.37. The zero-order chi connectivity index (χ0) is 14.0. The zero-order valence-electron chi connectivity index (χ0n) is 10.1. The van der Waals surface area contributed by atoms with E-state index in [1.54, 1.807) is 12.1 Å². The van der Waals surface area contributed by atoms with Crippen LogP contribution in [0.2, 0.25) is 5.02 Å². The van der Waals surface area contributed by atoms with Gasteiger partial charge in [-0.05, 0) is 31.4 Å². The van der Waals surface area contributed by atoms with Crippen molar-refractivity contribution >= 4 is 23.3 Å². The van der Waals surface area contributed by atoms with Gasteiger partial charge in [0.1, 0.15) is 5.54 Å². The second kappa shape index (κ2) is 5.14. The highest BCUT2D eigenvalue weighted by atomic mass is 35.5. The number of nitrogens with one attached hydrogen (secondary N) is 1. The number of hydrogen-bond acceptors (Lipinski definition) is 4. The number of carboxylic acids is 1. The standard InChI is InChI=1S/C12H13ClN2O4/c13-9-3-2-8(10(6-9)15(18)19)7-14-12(11(16)17)4-1-5-12/h2-3,6,14H,1,4-5,7H2,(H,16,17). The predicted octanol–water partition coefficient (Wildman–Crippen LogP) is 2.35. The highest BCUT2D eigenvalue weighted by Gasteiger charge is 2.44. The molecule has 1 aliphatic rings. The van der Waals surface area contributed by atoms with E-state index in [4.69, 9.17) is 16.7 Å². The molecule has 1 aromatic carbocycles. The van der Waals surface area contributed by atoms with E-state index < -0.39 is 16.4 Å². The molecule has 0 amide bonds. The van der Waals surface area contributed by atoms with Gasteiger partial charge in [-0.2, -0.15) is 0 Å². The molecule has 0 bridgehead atoms. The SMILES string of the molecule is O=C(O)C1(NCc2ccc(Cl)cc2[N+](=O)[O-])CCC1. The Morgan fingerprint density at radius 1 is 1.53 bits per heavy atom. The van der Waals surface area contributed by atoms with Gasteiger partial charge >= 0.3 is 5.97 Å². The maximum absolute atomic E-state index is 11.2. The Kier molecular flexibility index (Phi) is 3.73. The van der Waals surface area contributed by atoms with Crippen LogP contribution in [0.5, 0.6) is 0 Å². The van der Waals surface area contributed by atoms with Gasteiger partial charge in [0.15, 0.2) is 0 Å². The smallest absolute Gasteiger partial charge is 0.323 e. The summed E-state index contributed by atoms with van der Waals surface area (Å²) in [7, 11) is 0. The maximum atomic E-state index is 11.2. The summed E-state index contributed by atoms with van der Waals surface area (Å²) in [5.41, 5.74) is -0.602. The summed E-state index contributed by atoms with van der Waals surface area (Å²) in [5.74, 6) is -0.907. The van der Waals surface area contributed by atoms with E-state index in [1.165, 1.54) is 6.07 Å². The minimum Gasteiger partial charge on any atom is -0.480 e. The molecule has 0 spiro atoms. The Hall–Kier alpha value is -1.66. The highest BCUT2D eigenvalue weighted by Crippen LogP contribution is 2.33. The molecule has 1 fully saturated rings. The summed E-state index contributed by atoms with van der Waals surface area (Å²) in [5, 5.41) is 23.3. The minimum atomic E-state index is -0.937. The lowest BCUT2D eigenvalue weighted by Crippen LogP contribution is -2.56. The van der Waals surface area contributed by atoms with Crippen LogP contribution in [0, 0.1) is 10.1 Å². The number of halogens is 1. The normalized spacial score (nSPS) is 16.7. The lowest BCUT2D eigenvalue weighted by Gasteiger charge is -2.38. The fourth-order valence-corrected chi connectivity index (χ4v) is 2.28. The van der Waals surface area contributed by atoms with Crippen molar-refractivity contribution < 1.29 is 14.8 Å². The Balaban J connectivity index is 2.15. The number of aliphatic carboxylic acids is 1. The predicted molar refractivity (Wildman–Crippen MR) is 69.2 cm³/mol. The first-order chi connectivity index (χ1) is 8.94. The van der Waals surface area contributed by atoms with E-state index >= 15 is 0 Å². The zero-order valence-corrected chi connectivity index (χ0v) is 10.8. The second-order valence-electron chi connectivity index (χ2n) is 4.62. The largest absolute Gasteiger partial charge is 0.480 e. The van der Waals surface area contributed by atoms with Crippen LogP contribution in [0.3, 0.4) is 0 Å². The first-order valence-corrected chi connectivity index (χ1v) is 6.24. The molecule has 0 unspecified atom stereocenters. The Morgan fingerprint density at radius 3 is 2.68 bits per heavy atom. The molecule has 0 aliphatic heterocycles. The van der Waals surface area contributed by atoms with Gasteiger partial charge < -0.3 is 5.11 Å². The molecule has 1 aliphatic carbocycles. The molecule has 0 saturated heterocycles. The Bertz CT molecular complexity index is 528. The average molecular weight is 285 g/mol. The quantitative estimate of drug-likeness (QED) is 0.639. The number of benzene rings is 1. The number of nitrogens with zero attached hydrogens (tertiary/aromatic N) is 1. The van der Waals surface area contributed by atoms with Crippen molar-refractivity contribution in [2.45, 2.75) is 31.3 Å². The monoisotopic (exact) mass is 284 g/mol. The molecule has 1 aromatic rings. The van der Waals surface area contributed by atoms with E-state index in [1.807, 2.05) is 0 Å². The summed E-state index contributed by atoms with van der Waals surface area (Å²) < 4.78 is 0. The number of nitro benzene ring substituents is 1. The molecular weight excluding hydrogens is 272 g/mol. The molecule has 2 rings (SSSR count). The topological polar surface area (TPSA) is 92.5 Å². The van der Waals surface area contributed by atoms with Crippen LogP contribution in [0.4, 0.5) is 5.69 Å².